The monoisotopic (exact) mass is 310 g/mol. The topological polar surface area (TPSA) is 58.2 Å². The molecule has 0 unspecified atom stereocenters. The minimum Gasteiger partial charge on any atom is -0.356 e. The van der Waals surface area contributed by atoms with Crippen LogP contribution in [0.25, 0.3) is 0 Å². The highest BCUT2D eigenvalue weighted by molar-refractivity contribution is 6.30. The van der Waals surface area contributed by atoms with Crippen LogP contribution in [0.1, 0.15) is 32.8 Å². The molecule has 5 heteroatoms. The maximum Gasteiger partial charge on any atom is 0.225 e. The van der Waals surface area contributed by atoms with Crippen LogP contribution in [0.2, 0.25) is 5.02 Å². The first kappa shape index (κ1) is 17.5. The van der Waals surface area contributed by atoms with E-state index in [1.54, 1.807) is 0 Å². The molecule has 0 radical (unpaired) electrons. The minimum absolute atomic E-state index is 0.0470. The van der Waals surface area contributed by atoms with Gasteiger partial charge >= 0.3 is 0 Å². The zero-order valence-corrected chi connectivity index (χ0v) is 13.6. The van der Waals surface area contributed by atoms with Crippen LogP contribution < -0.4 is 10.6 Å². The van der Waals surface area contributed by atoms with Crippen molar-refractivity contribution in [3.63, 3.8) is 0 Å². The van der Waals surface area contributed by atoms with E-state index >= 15 is 0 Å². The Labute approximate surface area is 131 Å². The summed E-state index contributed by atoms with van der Waals surface area (Å²) in [4.78, 5) is 23.3. The summed E-state index contributed by atoms with van der Waals surface area (Å²) in [5.41, 5.74) is 0.659. The van der Waals surface area contributed by atoms with E-state index in [9.17, 15) is 9.59 Å². The average molecular weight is 311 g/mol. The van der Waals surface area contributed by atoms with Gasteiger partial charge in [-0.1, -0.05) is 44.5 Å². The van der Waals surface area contributed by atoms with Gasteiger partial charge in [-0.3, -0.25) is 9.59 Å². The fourth-order valence-electron chi connectivity index (χ4n) is 1.68. The Kier molecular flexibility index (Phi) is 6.69. The highest BCUT2D eigenvalue weighted by atomic mass is 35.5. The Balaban J connectivity index is 2.19. The van der Waals surface area contributed by atoms with Crippen LogP contribution in [0, 0.1) is 5.41 Å². The second kappa shape index (κ2) is 8.03. The zero-order valence-electron chi connectivity index (χ0n) is 12.8. The van der Waals surface area contributed by atoms with Crippen molar-refractivity contribution in [1.29, 1.82) is 0 Å². The van der Waals surface area contributed by atoms with Gasteiger partial charge in [0.05, 0.1) is 0 Å². The van der Waals surface area contributed by atoms with Gasteiger partial charge in [0, 0.05) is 29.9 Å². The Hall–Kier alpha value is -1.55. The van der Waals surface area contributed by atoms with Gasteiger partial charge in [0.2, 0.25) is 11.8 Å². The number of hydrogen-bond donors (Lipinski definition) is 2. The van der Waals surface area contributed by atoms with Gasteiger partial charge in [0.25, 0.3) is 0 Å². The first-order chi connectivity index (χ1) is 9.79. The molecule has 116 valence electrons. The van der Waals surface area contributed by atoms with E-state index in [1.165, 1.54) is 0 Å². The smallest absolute Gasteiger partial charge is 0.225 e. The summed E-state index contributed by atoms with van der Waals surface area (Å²) < 4.78 is 0. The van der Waals surface area contributed by atoms with Crippen molar-refractivity contribution in [2.75, 3.05) is 13.1 Å². The Morgan fingerprint density at radius 1 is 1.14 bits per heavy atom. The van der Waals surface area contributed by atoms with Crippen molar-refractivity contribution >= 4 is 23.4 Å². The summed E-state index contributed by atoms with van der Waals surface area (Å²) in [5.74, 6) is -0.111. The fourth-order valence-corrected chi connectivity index (χ4v) is 1.89. The van der Waals surface area contributed by atoms with E-state index in [2.05, 4.69) is 10.6 Å². The lowest BCUT2D eigenvalue weighted by Crippen LogP contribution is -2.37. The van der Waals surface area contributed by atoms with Gasteiger partial charge in [0.15, 0.2) is 0 Å². The number of hydrogen-bond acceptors (Lipinski definition) is 2. The van der Waals surface area contributed by atoms with Crippen molar-refractivity contribution in [2.24, 2.45) is 5.41 Å². The van der Waals surface area contributed by atoms with Gasteiger partial charge in [0.1, 0.15) is 0 Å². The van der Waals surface area contributed by atoms with Crippen LogP contribution in [0.5, 0.6) is 0 Å². The summed E-state index contributed by atoms with van der Waals surface area (Å²) in [6.07, 6.45) is 1.03. The molecule has 0 aliphatic rings. The van der Waals surface area contributed by atoms with Gasteiger partial charge in [-0.25, -0.2) is 0 Å². The molecule has 1 rings (SSSR count). The molecular formula is C16H23ClN2O2. The number of halogens is 1. The van der Waals surface area contributed by atoms with Crippen LogP contribution in [0.4, 0.5) is 0 Å². The number of rotatable bonds is 6. The van der Waals surface area contributed by atoms with E-state index in [0.717, 1.165) is 12.0 Å². The van der Waals surface area contributed by atoms with Crippen molar-refractivity contribution in [1.82, 2.24) is 10.6 Å². The molecule has 0 bridgehead atoms. The second-order valence-electron chi connectivity index (χ2n) is 5.99. The quantitative estimate of drug-likeness (QED) is 0.848. The molecule has 0 saturated heterocycles. The molecule has 2 amide bonds. The number of amides is 2. The Bertz CT molecular complexity index is 495. The summed E-state index contributed by atoms with van der Waals surface area (Å²) in [6, 6.07) is 7.57. The van der Waals surface area contributed by atoms with E-state index in [-0.39, 0.29) is 18.2 Å². The third-order valence-electron chi connectivity index (χ3n) is 2.94. The standard InChI is InChI=1S/C16H23ClN2O2/c1-16(2,3)15(21)19-10-8-14(20)18-9-7-12-5-4-6-13(17)11-12/h4-6,11H,7-10H2,1-3H3,(H,18,20)(H,19,21). The van der Waals surface area contributed by atoms with Crippen LogP contribution >= 0.6 is 11.6 Å². The number of carbonyl (C=O) groups is 2. The molecule has 1 aromatic rings. The van der Waals surface area contributed by atoms with Crippen molar-refractivity contribution in [3.05, 3.63) is 34.9 Å². The van der Waals surface area contributed by atoms with Gasteiger partial charge in [-0.2, -0.15) is 0 Å². The van der Waals surface area contributed by atoms with Crippen molar-refractivity contribution in [3.8, 4) is 0 Å². The summed E-state index contributed by atoms with van der Waals surface area (Å²) in [6.45, 7) is 6.44. The SMILES string of the molecule is CC(C)(C)C(=O)NCCC(=O)NCCc1cccc(Cl)c1. The molecule has 0 fully saturated rings. The third-order valence-corrected chi connectivity index (χ3v) is 3.18. The largest absolute Gasteiger partial charge is 0.356 e. The molecule has 4 nitrogen and oxygen atoms in total. The molecule has 0 aromatic heterocycles. The lowest BCUT2D eigenvalue weighted by molar-refractivity contribution is -0.128. The van der Waals surface area contributed by atoms with Crippen LogP contribution in [-0.4, -0.2) is 24.9 Å². The maximum absolute atomic E-state index is 11.6. The lowest BCUT2D eigenvalue weighted by atomic mass is 9.96. The van der Waals surface area contributed by atoms with Crippen LogP contribution in [0.3, 0.4) is 0 Å². The molecular weight excluding hydrogens is 288 g/mol. The predicted octanol–water partition coefficient (Wildman–Crippen LogP) is 2.55. The molecule has 21 heavy (non-hydrogen) atoms. The molecule has 1 aromatic carbocycles. The fraction of sp³-hybridized carbons (Fsp3) is 0.500. The van der Waals surface area contributed by atoms with Crippen LogP contribution in [0.15, 0.2) is 24.3 Å². The first-order valence-corrected chi connectivity index (χ1v) is 7.46. The number of benzene rings is 1. The molecule has 0 aliphatic carbocycles. The molecule has 2 N–H and O–H groups in total. The van der Waals surface area contributed by atoms with Gasteiger partial charge in [-0.15, -0.1) is 0 Å². The van der Waals surface area contributed by atoms with Gasteiger partial charge in [-0.05, 0) is 24.1 Å². The average Bonchev–Trinajstić information content (AvgIpc) is 2.37. The highest BCUT2D eigenvalue weighted by Crippen LogP contribution is 2.12. The molecule has 0 spiro atoms. The highest BCUT2D eigenvalue weighted by Gasteiger charge is 2.20. The predicted molar refractivity (Wildman–Crippen MR) is 85.2 cm³/mol. The molecule has 0 saturated carbocycles. The van der Waals surface area contributed by atoms with E-state index < -0.39 is 5.41 Å². The summed E-state index contributed by atoms with van der Waals surface area (Å²) in [7, 11) is 0. The number of nitrogens with one attached hydrogen (secondary N) is 2. The lowest BCUT2D eigenvalue weighted by Gasteiger charge is -2.17. The van der Waals surface area contributed by atoms with E-state index in [0.29, 0.717) is 18.1 Å². The normalized spacial score (nSPS) is 11.0. The molecule has 0 atom stereocenters. The third kappa shape index (κ3) is 7.14. The number of carbonyl (C=O) groups excluding carboxylic acids is 2. The van der Waals surface area contributed by atoms with E-state index in [1.807, 2.05) is 45.0 Å². The molecule has 0 aliphatic heterocycles. The van der Waals surface area contributed by atoms with E-state index in [4.69, 9.17) is 11.6 Å². The second-order valence-corrected chi connectivity index (χ2v) is 6.42. The summed E-state index contributed by atoms with van der Waals surface area (Å²) in [5, 5.41) is 6.28. The van der Waals surface area contributed by atoms with Crippen molar-refractivity contribution in [2.45, 2.75) is 33.6 Å². The maximum atomic E-state index is 11.6. The van der Waals surface area contributed by atoms with Gasteiger partial charge < -0.3 is 10.6 Å². The Morgan fingerprint density at radius 2 is 1.86 bits per heavy atom. The minimum atomic E-state index is -0.428. The Morgan fingerprint density at radius 3 is 2.48 bits per heavy atom. The van der Waals surface area contributed by atoms with Crippen molar-refractivity contribution < 1.29 is 9.59 Å². The first-order valence-electron chi connectivity index (χ1n) is 7.08. The molecule has 0 heterocycles. The van der Waals surface area contributed by atoms with Crippen LogP contribution in [-0.2, 0) is 16.0 Å². The summed E-state index contributed by atoms with van der Waals surface area (Å²) >= 11 is 5.89. The zero-order chi connectivity index (χ0) is 15.9.